The monoisotopic (exact) mass is 226 g/mol. The van der Waals surface area contributed by atoms with Gasteiger partial charge in [0.2, 0.25) is 0 Å². The molecule has 4 nitrogen and oxygen atoms in total. The molecule has 0 radical (unpaired) electrons. The zero-order valence-corrected chi connectivity index (χ0v) is 10.00. The van der Waals surface area contributed by atoms with E-state index in [-0.39, 0.29) is 11.6 Å². The molecule has 1 fully saturated rings. The number of nitrogens with one attached hydrogen (secondary N) is 1. The van der Waals surface area contributed by atoms with E-state index in [1.807, 2.05) is 0 Å². The van der Waals surface area contributed by atoms with Gasteiger partial charge in [-0.05, 0) is 38.2 Å². The van der Waals surface area contributed by atoms with E-state index in [1.54, 1.807) is 7.11 Å². The lowest BCUT2D eigenvalue weighted by molar-refractivity contribution is -0.0843. The number of rotatable bonds is 5. The van der Waals surface area contributed by atoms with Crippen molar-refractivity contribution in [3.63, 3.8) is 0 Å². The van der Waals surface area contributed by atoms with Crippen LogP contribution in [0.2, 0.25) is 0 Å². The van der Waals surface area contributed by atoms with E-state index >= 15 is 0 Å². The van der Waals surface area contributed by atoms with Gasteiger partial charge in [-0.1, -0.05) is 0 Å². The number of ether oxygens (including phenoxy) is 2. The van der Waals surface area contributed by atoms with Crippen LogP contribution in [0, 0.1) is 0 Å². The van der Waals surface area contributed by atoms with Gasteiger partial charge in [-0.2, -0.15) is 0 Å². The Bertz CT molecular complexity index is 256. The molecule has 1 unspecified atom stereocenters. The van der Waals surface area contributed by atoms with Crippen LogP contribution in [-0.4, -0.2) is 25.4 Å². The smallest absolute Gasteiger partial charge is 0.110 e. The second kappa shape index (κ2) is 5.17. The van der Waals surface area contributed by atoms with Gasteiger partial charge in [0.15, 0.2) is 0 Å². The van der Waals surface area contributed by atoms with E-state index in [0.717, 1.165) is 44.5 Å². The van der Waals surface area contributed by atoms with Crippen LogP contribution in [0.4, 0.5) is 0 Å². The van der Waals surface area contributed by atoms with E-state index in [2.05, 4.69) is 11.5 Å². The molecule has 92 valence electrons. The molecule has 1 atom stereocenters. The number of hydrazine groups is 1. The SMILES string of the molecule is COC1(CC(NN)C2=CCCCO2)CCC1. The van der Waals surface area contributed by atoms with Crippen molar-refractivity contribution in [3.8, 4) is 0 Å². The van der Waals surface area contributed by atoms with Crippen LogP contribution in [0.3, 0.4) is 0 Å². The molecule has 0 amide bonds. The number of nitrogens with two attached hydrogens (primary N) is 1. The Balaban J connectivity index is 1.96. The van der Waals surface area contributed by atoms with Gasteiger partial charge < -0.3 is 9.47 Å². The summed E-state index contributed by atoms with van der Waals surface area (Å²) in [5.74, 6) is 6.62. The summed E-state index contributed by atoms with van der Waals surface area (Å²) < 4.78 is 11.3. The summed E-state index contributed by atoms with van der Waals surface area (Å²) in [5.41, 5.74) is 2.88. The summed E-state index contributed by atoms with van der Waals surface area (Å²) in [7, 11) is 1.79. The van der Waals surface area contributed by atoms with Crippen LogP contribution in [0.1, 0.15) is 38.5 Å². The van der Waals surface area contributed by atoms with Gasteiger partial charge in [0.05, 0.1) is 18.2 Å². The first-order chi connectivity index (χ1) is 7.79. The van der Waals surface area contributed by atoms with Crippen molar-refractivity contribution in [2.24, 2.45) is 5.84 Å². The van der Waals surface area contributed by atoms with Crippen LogP contribution >= 0.6 is 0 Å². The van der Waals surface area contributed by atoms with E-state index in [4.69, 9.17) is 15.3 Å². The Morgan fingerprint density at radius 2 is 2.38 bits per heavy atom. The van der Waals surface area contributed by atoms with Crippen molar-refractivity contribution in [2.75, 3.05) is 13.7 Å². The topological polar surface area (TPSA) is 56.5 Å². The molecular weight excluding hydrogens is 204 g/mol. The quantitative estimate of drug-likeness (QED) is 0.550. The van der Waals surface area contributed by atoms with E-state index < -0.39 is 0 Å². The fraction of sp³-hybridized carbons (Fsp3) is 0.833. The molecule has 1 aliphatic carbocycles. The van der Waals surface area contributed by atoms with Crippen LogP contribution in [0.15, 0.2) is 11.8 Å². The van der Waals surface area contributed by atoms with Crippen molar-refractivity contribution in [3.05, 3.63) is 11.8 Å². The molecule has 0 aromatic heterocycles. The van der Waals surface area contributed by atoms with Gasteiger partial charge >= 0.3 is 0 Å². The molecular formula is C12H22N2O2. The first-order valence-corrected chi connectivity index (χ1v) is 6.14. The maximum Gasteiger partial charge on any atom is 0.110 e. The maximum atomic E-state index is 5.65. The molecule has 0 aromatic rings. The number of methoxy groups -OCH3 is 1. The molecule has 2 rings (SSSR count). The van der Waals surface area contributed by atoms with Crippen molar-refractivity contribution in [1.29, 1.82) is 0 Å². The predicted octanol–water partition coefficient (Wildman–Crippen LogP) is 1.47. The summed E-state index contributed by atoms with van der Waals surface area (Å²) in [5, 5.41) is 0. The van der Waals surface area contributed by atoms with Crippen molar-refractivity contribution in [1.82, 2.24) is 5.43 Å². The molecule has 0 aromatic carbocycles. The molecule has 0 spiro atoms. The Hall–Kier alpha value is -0.580. The van der Waals surface area contributed by atoms with Crippen molar-refractivity contribution < 1.29 is 9.47 Å². The first-order valence-electron chi connectivity index (χ1n) is 6.14. The summed E-state index contributed by atoms with van der Waals surface area (Å²) in [4.78, 5) is 0. The van der Waals surface area contributed by atoms with Gasteiger partial charge in [0.25, 0.3) is 0 Å². The maximum absolute atomic E-state index is 5.65. The number of allylic oxidation sites excluding steroid dienone is 1. The Labute approximate surface area is 97.1 Å². The summed E-state index contributed by atoms with van der Waals surface area (Å²) in [6, 6.07) is 0.0977. The highest BCUT2D eigenvalue weighted by molar-refractivity contribution is 5.08. The largest absolute Gasteiger partial charge is 0.497 e. The number of hydrogen-bond acceptors (Lipinski definition) is 4. The average Bonchev–Trinajstić information content (AvgIpc) is 2.30. The second-order valence-corrected chi connectivity index (χ2v) is 4.76. The Morgan fingerprint density at radius 3 is 2.81 bits per heavy atom. The second-order valence-electron chi connectivity index (χ2n) is 4.76. The van der Waals surface area contributed by atoms with E-state index in [9.17, 15) is 0 Å². The number of hydrogen-bond donors (Lipinski definition) is 2. The molecule has 3 N–H and O–H groups in total. The van der Waals surface area contributed by atoms with Crippen LogP contribution < -0.4 is 11.3 Å². The van der Waals surface area contributed by atoms with Crippen molar-refractivity contribution in [2.45, 2.75) is 50.2 Å². The van der Waals surface area contributed by atoms with Crippen LogP contribution in [0.5, 0.6) is 0 Å². The highest BCUT2D eigenvalue weighted by Crippen LogP contribution is 2.40. The van der Waals surface area contributed by atoms with Gasteiger partial charge in [0, 0.05) is 13.5 Å². The molecule has 1 saturated carbocycles. The fourth-order valence-corrected chi connectivity index (χ4v) is 2.50. The Morgan fingerprint density at radius 1 is 1.56 bits per heavy atom. The van der Waals surface area contributed by atoms with E-state index in [1.165, 1.54) is 6.42 Å². The minimum atomic E-state index is 0.0265. The lowest BCUT2D eigenvalue weighted by Crippen LogP contribution is -2.48. The first kappa shape index (κ1) is 11.9. The molecule has 2 aliphatic rings. The van der Waals surface area contributed by atoms with Crippen LogP contribution in [-0.2, 0) is 9.47 Å². The van der Waals surface area contributed by atoms with Crippen LogP contribution in [0.25, 0.3) is 0 Å². The molecule has 16 heavy (non-hydrogen) atoms. The normalized spacial score (nSPS) is 25.2. The predicted molar refractivity (Wildman–Crippen MR) is 62.6 cm³/mol. The highest BCUT2D eigenvalue weighted by Gasteiger charge is 2.40. The highest BCUT2D eigenvalue weighted by atomic mass is 16.5. The van der Waals surface area contributed by atoms with Gasteiger partial charge in [-0.25, -0.2) is 5.43 Å². The molecule has 1 heterocycles. The standard InChI is InChI=1S/C12H22N2O2/c1-15-12(6-4-7-12)9-10(14-13)11-5-2-3-8-16-11/h5,10,14H,2-4,6-9,13H2,1H3. The van der Waals surface area contributed by atoms with Gasteiger partial charge in [-0.15, -0.1) is 0 Å². The summed E-state index contributed by atoms with van der Waals surface area (Å²) >= 11 is 0. The van der Waals surface area contributed by atoms with Gasteiger partial charge in [-0.3, -0.25) is 5.84 Å². The van der Waals surface area contributed by atoms with Gasteiger partial charge in [0.1, 0.15) is 5.76 Å². The molecule has 1 aliphatic heterocycles. The zero-order valence-electron chi connectivity index (χ0n) is 10.00. The average molecular weight is 226 g/mol. The zero-order chi connectivity index (χ0) is 11.4. The van der Waals surface area contributed by atoms with E-state index in [0.29, 0.717) is 0 Å². The third-order valence-electron chi connectivity index (χ3n) is 3.78. The Kier molecular flexibility index (Phi) is 3.84. The molecule has 4 heteroatoms. The summed E-state index contributed by atoms with van der Waals surface area (Å²) in [6.45, 7) is 0.810. The third-order valence-corrected chi connectivity index (χ3v) is 3.78. The lowest BCUT2D eigenvalue weighted by atomic mass is 9.75. The molecule has 0 saturated heterocycles. The van der Waals surface area contributed by atoms with Crippen molar-refractivity contribution >= 4 is 0 Å². The molecule has 0 bridgehead atoms. The lowest BCUT2D eigenvalue weighted by Gasteiger charge is -2.43. The minimum absolute atomic E-state index is 0.0265. The minimum Gasteiger partial charge on any atom is -0.497 e. The summed E-state index contributed by atoms with van der Waals surface area (Å²) in [6.07, 6.45) is 8.78. The fourth-order valence-electron chi connectivity index (χ4n) is 2.50. The third kappa shape index (κ3) is 2.39.